The van der Waals surface area contributed by atoms with Gasteiger partial charge in [-0.05, 0) is 60.5 Å². The highest BCUT2D eigenvalue weighted by Crippen LogP contribution is 2.47. The van der Waals surface area contributed by atoms with E-state index < -0.39 is 23.0 Å². The smallest absolute Gasteiger partial charge is 0.335 e. The van der Waals surface area contributed by atoms with Crippen LogP contribution in [0.2, 0.25) is 0 Å². The van der Waals surface area contributed by atoms with Crippen LogP contribution in [0.3, 0.4) is 0 Å². The van der Waals surface area contributed by atoms with E-state index in [2.05, 4.69) is 6.07 Å². The molecule has 4 rings (SSSR count). The fourth-order valence-corrected chi connectivity index (χ4v) is 4.36. The van der Waals surface area contributed by atoms with Crippen molar-refractivity contribution in [1.29, 1.82) is 5.26 Å². The van der Waals surface area contributed by atoms with Crippen LogP contribution >= 0.6 is 0 Å². The summed E-state index contributed by atoms with van der Waals surface area (Å²) in [5.41, 5.74) is 2.41. The number of aromatic hydroxyl groups is 1. The molecule has 172 valence electrons. The van der Waals surface area contributed by atoms with Gasteiger partial charge in [-0.3, -0.25) is 0 Å². The van der Waals surface area contributed by atoms with Gasteiger partial charge >= 0.3 is 5.97 Å². The molecule has 7 heteroatoms. The molecular weight excluding hydrogens is 438 g/mol. The first-order valence-electron chi connectivity index (χ1n) is 10.6. The van der Waals surface area contributed by atoms with Gasteiger partial charge in [-0.25, -0.2) is 13.6 Å². The lowest BCUT2D eigenvalue weighted by atomic mass is 9.81. The standard InChI is InChI=1S/C27H22F2N2O3/c1-15-14-18(8-9-19(15)28)31-21-11-10-20(29)24(32)23(21)22(25(31)27(2,3)12-13-30)16-4-6-17(7-5-16)26(33)34/h4-11,14,32H,12H2,1-3H3,(H,33,34). The van der Waals surface area contributed by atoms with Gasteiger partial charge in [0.05, 0.1) is 22.5 Å². The average Bonchev–Trinajstić information content (AvgIpc) is 3.15. The maximum atomic E-state index is 14.6. The monoisotopic (exact) mass is 460 g/mol. The normalized spacial score (nSPS) is 11.5. The Labute approximate surface area is 195 Å². The van der Waals surface area contributed by atoms with Crippen LogP contribution in [0.15, 0.2) is 54.6 Å². The number of carbonyl (C=O) groups is 1. The molecule has 0 spiro atoms. The van der Waals surface area contributed by atoms with Crippen molar-refractivity contribution in [2.45, 2.75) is 32.6 Å². The number of phenolic OH excluding ortho intramolecular Hbond substituents is 1. The summed E-state index contributed by atoms with van der Waals surface area (Å²) in [6.45, 7) is 5.35. The third kappa shape index (κ3) is 3.67. The first-order valence-corrected chi connectivity index (χ1v) is 10.6. The minimum absolute atomic E-state index is 0.0786. The number of aromatic nitrogens is 1. The van der Waals surface area contributed by atoms with E-state index in [0.29, 0.717) is 33.6 Å². The molecule has 0 aliphatic heterocycles. The molecule has 3 aromatic carbocycles. The number of phenols is 1. The second-order valence-corrected chi connectivity index (χ2v) is 8.88. The van der Waals surface area contributed by atoms with Crippen LogP contribution in [-0.2, 0) is 5.41 Å². The molecule has 4 aromatic rings. The van der Waals surface area contributed by atoms with Gasteiger partial charge in [-0.15, -0.1) is 0 Å². The van der Waals surface area contributed by atoms with Gasteiger partial charge < -0.3 is 14.8 Å². The molecule has 0 saturated carbocycles. The molecular formula is C27H22F2N2O3. The Morgan fingerprint density at radius 1 is 1.06 bits per heavy atom. The Hall–Kier alpha value is -4.18. The highest BCUT2D eigenvalue weighted by Gasteiger charge is 2.33. The second-order valence-electron chi connectivity index (χ2n) is 8.88. The van der Waals surface area contributed by atoms with Crippen molar-refractivity contribution in [3.05, 3.63) is 83.1 Å². The number of benzene rings is 3. The first-order chi connectivity index (χ1) is 16.1. The van der Waals surface area contributed by atoms with Crippen LogP contribution in [0.1, 0.15) is 41.9 Å². The highest BCUT2D eigenvalue weighted by atomic mass is 19.1. The third-order valence-corrected chi connectivity index (χ3v) is 6.04. The topological polar surface area (TPSA) is 86.2 Å². The molecule has 0 aliphatic rings. The number of hydrogen-bond donors (Lipinski definition) is 2. The Bertz CT molecular complexity index is 1480. The summed E-state index contributed by atoms with van der Waals surface area (Å²) in [7, 11) is 0. The fraction of sp³-hybridized carbons (Fsp3) is 0.185. The highest BCUT2D eigenvalue weighted by molar-refractivity contribution is 6.04. The van der Waals surface area contributed by atoms with Crippen LogP contribution in [-0.4, -0.2) is 20.7 Å². The number of aryl methyl sites for hydroxylation is 1. The summed E-state index contributed by atoms with van der Waals surface area (Å²) in [5, 5.41) is 29.9. The second kappa shape index (κ2) is 8.31. The number of carboxylic acids is 1. The van der Waals surface area contributed by atoms with E-state index >= 15 is 0 Å². The van der Waals surface area contributed by atoms with Gasteiger partial charge in [0, 0.05) is 28.8 Å². The zero-order valence-electron chi connectivity index (χ0n) is 18.9. The summed E-state index contributed by atoms with van der Waals surface area (Å²) in [4.78, 5) is 11.4. The molecule has 0 unspecified atom stereocenters. The van der Waals surface area contributed by atoms with Crippen molar-refractivity contribution < 1.29 is 23.8 Å². The summed E-state index contributed by atoms with van der Waals surface area (Å²) in [6.07, 6.45) is 0.104. The summed E-state index contributed by atoms with van der Waals surface area (Å²) in [5.74, 6) is -2.83. The van der Waals surface area contributed by atoms with E-state index in [0.717, 1.165) is 6.07 Å². The minimum atomic E-state index is -1.09. The molecule has 0 radical (unpaired) electrons. The lowest BCUT2D eigenvalue weighted by Crippen LogP contribution is -2.22. The van der Waals surface area contributed by atoms with Gasteiger partial charge in [0.1, 0.15) is 5.82 Å². The Kier molecular flexibility index (Phi) is 5.62. The molecule has 0 amide bonds. The van der Waals surface area contributed by atoms with Crippen molar-refractivity contribution in [1.82, 2.24) is 4.57 Å². The largest absolute Gasteiger partial charge is 0.504 e. The molecule has 34 heavy (non-hydrogen) atoms. The van der Waals surface area contributed by atoms with E-state index in [9.17, 15) is 29.1 Å². The summed E-state index contributed by atoms with van der Waals surface area (Å²) >= 11 is 0. The number of fused-ring (bicyclic) bond motifs is 1. The molecule has 0 aliphatic carbocycles. The van der Waals surface area contributed by atoms with Crippen LogP contribution in [0.5, 0.6) is 5.75 Å². The predicted octanol–water partition coefficient (Wildman–Crippen LogP) is 6.48. The number of carboxylic acid groups (broad SMARTS) is 1. The zero-order valence-corrected chi connectivity index (χ0v) is 18.9. The van der Waals surface area contributed by atoms with E-state index in [4.69, 9.17) is 0 Å². The maximum Gasteiger partial charge on any atom is 0.335 e. The fourth-order valence-electron chi connectivity index (χ4n) is 4.36. The van der Waals surface area contributed by atoms with Gasteiger partial charge in [-0.2, -0.15) is 5.26 Å². The average molecular weight is 460 g/mol. The Morgan fingerprint density at radius 3 is 2.29 bits per heavy atom. The van der Waals surface area contributed by atoms with Gasteiger partial charge in [-0.1, -0.05) is 26.0 Å². The van der Waals surface area contributed by atoms with E-state index in [1.165, 1.54) is 24.3 Å². The van der Waals surface area contributed by atoms with Crippen LogP contribution in [0.4, 0.5) is 8.78 Å². The van der Waals surface area contributed by atoms with Gasteiger partial charge in [0.15, 0.2) is 11.6 Å². The molecule has 0 fully saturated rings. The van der Waals surface area contributed by atoms with E-state index in [1.54, 1.807) is 35.8 Å². The van der Waals surface area contributed by atoms with E-state index in [1.807, 2.05) is 13.8 Å². The molecule has 2 N–H and O–H groups in total. The number of aromatic carboxylic acids is 1. The lowest BCUT2D eigenvalue weighted by Gasteiger charge is -2.27. The summed E-state index contributed by atoms with van der Waals surface area (Å²) < 4.78 is 30.5. The van der Waals surface area contributed by atoms with Gasteiger partial charge in [0.25, 0.3) is 0 Å². The van der Waals surface area contributed by atoms with Crippen molar-refractivity contribution >= 4 is 16.9 Å². The molecule has 0 bridgehead atoms. The van der Waals surface area contributed by atoms with Crippen molar-refractivity contribution in [3.63, 3.8) is 0 Å². The zero-order chi connectivity index (χ0) is 24.8. The van der Waals surface area contributed by atoms with Crippen LogP contribution in [0.25, 0.3) is 27.7 Å². The maximum absolute atomic E-state index is 14.6. The predicted molar refractivity (Wildman–Crippen MR) is 125 cm³/mol. The SMILES string of the molecule is Cc1cc(-n2c(C(C)(C)CC#N)c(-c3ccc(C(=O)O)cc3)c3c(O)c(F)ccc32)ccc1F. The number of nitrogens with zero attached hydrogens (tertiary/aromatic N) is 2. The number of rotatable bonds is 5. The summed E-state index contributed by atoms with van der Waals surface area (Å²) in [6, 6.07) is 15.5. The number of hydrogen-bond acceptors (Lipinski definition) is 3. The number of halogens is 2. The molecule has 1 aromatic heterocycles. The van der Waals surface area contributed by atoms with Gasteiger partial charge in [0.2, 0.25) is 0 Å². The molecule has 0 saturated heterocycles. The molecule has 1 heterocycles. The first kappa shape index (κ1) is 23.0. The van der Waals surface area contributed by atoms with Crippen LogP contribution in [0, 0.1) is 29.9 Å². The van der Waals surface area contributed by atoms with Crippen molar-refractivity contribution in [2.75, 3.05) is 0 Å². The Balaban J connectivity index is 2.21. The Morgan fingerprint density at radius 2 is 1.71 bits per heavy atom. The lowest BCUT2D eigenvalue weighted by molar-refractivity contribution is 0.0697. The minimum Gasteiger partial charge on any atom is -0.504 e. The third-order valence-electron chi connectivity index (χ3n) is 6.04. The van der Waals surface area contributed by atoms with Crippen LogP contribution < -0.4 is 0 Å². The van der Waals surface area contributed by atoms with Crippen molar-refractivity contribution in [3.8, 4) is 28.6 Å². The number of nitriles is 1. The molecule has 0 atom stereocenters. The van der Waals surface area contributed by atoms with E-state index in [-0.39, 0.29) is 23.2 Å². The molecule has 5 nitrogen and oxygen atoms in total. The quantitative estimate of drug-likeness (QED) is 0.357. The van der Waals surface area contributed by atoms with Crippen molar-refractivity contribution in [2.24, 2.45) is 0 Å².